The Morgan fingerprint density at radius 2 is 0.860 bits per heavy atom. The maximum Gasteiger partial charge on any atom is 0.0544 e. The molecule has 0 atom stereocenters. The summed E-state index contributed by atoms with van der Waals surface area (Å²) in [5.74, 6) is 0. The first-order valence-electron chi connectivity index (χ1n) is 19.9. The van der Waals surface area contributed by atoms with Crippen LogP contribution in [0, 0.1) is 0 Å². The van der Waals surface area contributed by atoms with E-state index in [4.69, 9.17) is 0 Å². The molecular formula is C55H40N2. The third-order valence-electron chi connectivity index (χ3n) is 12.1. The van der Waals surface area contributed by atoms with E-state index < -0.39 is 0 Å². The van der Waals surface area contributed by atoms with Gasteiger partial charge < -0.3 is 9.47 Å². The first-order valence-corrected chi connectivity index (χ1v) is 19.9. The molecule has 0 fully saturated rings. The summed E-state index contributed by atoms with van der Waals surface area (Å²) in [6.45, 7) is 4.80. The van der Waals surface area contributed by atoms with E-state index in [1.165, 1.54) is 82.8 Å². The van der Waals surface area contributed by atoms with Gasteiger partial charge in [0.15, 0.2) is 0 Å². The molecule has 2 nitrogen and oxygen atoms in total. The minimum Gasteiger partial charge on any atom is -0.310 e. The van der Waals surface area contributed by atoms with Crippen molar-refractivity contribution in [1.29, 1.82) is 0 Å². The van der Waals surface area contributed by atoms with Crippen LogP contribution < -0.4 is 4.90 Å². The Balaban J connectivity index is 1.14. The second-order valence-electron chi connectivity index (χ2n) is 15.8. The van der Waals surface area contributed by atoms with Gasteiger partial charge in [-0.15, -0.1) is 0 Å². The molecule has 1 heterocycles. The minimum atomic E-state index is -0.252. The van der Waals surface area contributed by atoms with Gasteiger partial charge in [-0.2, -0.15) is 0 Å². The highest BCUT2D eigenvalue weighted by atomic mass is 15.1. The van der Waals surface area contributed by atoms with Crippen LogP contribution in [0.1, 0.15) is 25.0 Å². The monoisotopic (exact) mass is 728 g/mol. The van der Waals surface area contributed by atoms with Gasteiger partial charge in [0.2, 0.25) is 0 Å². The first kappa shape index (κ1) is 33.2. The van der Waals surface area contributed by atoms with Crippen molar-refractivity contribution in [2.45, 2.75) is 19.3 Å². The van der Waals surface area contributed by atoms with Crippen LogP contribution in [0.15, 0.2) is 206 Å². The molecule has 10 aromatic rings. The van der Waals surface area contributed by atoms with Crippen LogP contribution in [0.25, 0.3) is 71.6 Å². The van der Waals surface area contributed by atoms with Gasteiger partial charge in [0.1, 0.15) is 0 Å². The molecule has 1 aliphatic rings. The quantitative estimate of drug-likeness (QED) is 0.165. The van der Waals surface area contributed by atoms with E-state index in [1.807, 2.05) is 0 Å². The van der Waals surface area contributed by atoms with Gasteiger partial charge in [0.05, 0.1) is 16.7 Å². The Kier molecular flexibility index (Phi) is 7.55. The number of nitrogens with zero attached hydrogens (tertiary/aromatic N) is 2. The molecule has 0 saturated carbocycles. The molecule has 1 aromatic heterocycles. The predicted octanol–water partition coefficient (Wildman–Crippen LogP) is 15.0. The maximum atomic E-state index is 2.52. The average molecular weight is 729 g/mol. The van der Waals surface area contributed by atoms with Gasteiger partial charge in [-0.25, -0.2) is 0 Å². The standard InChI is InChI=1S/C55H40N2/c1-55(2)49-35-43(56(41-21-11-5-12-22-41)42-23-13-6-14-24-42)29-30-46(49)54-45-26-16-15-25-44(45)53(36-50(54)55)57-51-31-27-39(37-17-7-3-8-18-37)33-47(51)48-34-40(28-32-52(48)57)38-19-9-4-10-20-38/h3-36H,1-2H3. The van der Waals surface area contributed by atoms with Gasteiger partial charge in [-0.1, -0.05) is 153 Å². The van der Waals surface area contributed by atoms with Gasteiger partial charge in [0.25, 0.3) is 0 Å². The molecule has 0 spiro atoms. The summed E-state index contributed by atoms with van der Waals surface area (Å²) in [6.07, 6.45) is 0. The van der Waals surface area contributed by atoms with Gasteiger partial charge >= 0.3 is 0 Å². The fourth-order valence-corrected chi connectivity index (χ4v) is 9.38. The van der Waals surface area contributed by atoms with Crippen LogP contribution in [0.2, 0.25) is 0 Å². The zero-order valence-electron chi connectivity index (χ0n) is 32.0. The van der Waals surface area contributed by atoms with Crippen molar-refractivity contribution in [2.24, 2.45) is 0 Å². The molecule has 0 unspecified atom stereocenters. The third-order valence-corrected chi connectivity index (χ3v) is 12.1. The normalized spacial score (nSPS) is 12.9. The highest BCUT2D eigenvalue weighted by molar-refractivity contribution is 6.14. The van der Waals surface area contributed by atoms with E-state index in [-0.39, 0.29) is 5.41 Å². The summed E-state index contributed by atoms with van der Waals surface area (Å²) in [5.41, 5.74) is 17.0. The van der Waals surface area contributed by atoms with Crippen LogP contribution in [0.5, 0.6) is 0 Å². The van der Waals surface area contributed by atoms with Crippen molar-refractivity contribution < 1.29 is 0 Å². The van der Waals surface area contributed by atoms with Crippen LogP contribution in [-0.4, -0.2) is 4.57 Å². The highest BCUT2D eigenvalue weighted by Crippen LogP contribution is 2.54. The SMILES string of the molecule is CC1(C)c2cc(N(c3ccccc3)c3ccccc3)ccc2-c2c1cc(-n1c3ccc(-c4ccccc4)cc3c3cc(-c4ccccc4)ccc31)c1ccccc21. The summed E-state index contributed by atoms with van der Waals surface area (Å²) in [5, 5.41) is 5.03. The fraction of sp³-hybridized carbons (Fsp3) is 0.0545. The minimum absolute atomic E-state index is 0.252. The molecule has 1 aliphatic carbocycles. The van der Waals surface area contributed by atoms with Crippen LogP contribution in [0.3, 0.4) is 0 Å². The van der Waals surface area contributed by atoms with E-state index in [0.29, 0.717) is 0 Å². The van der Waals surface area contributed by atoms with Crippen molar-refractivity contribution in [1.82, 2.24) is 4.57 Å². The van der Waals surface area contributed by atoms with E-state index >= 15 is 0 Å². The van der Waals surface area contributed by atoms with Crippen molar-refractivity contribution in [3.63, 3.8) is 0 Å². The lowest BCUT2D eigenvalue weighted by Gasteiger charge is -2.28. The average Bonchev–Trinajstić information content (AvgIpc) is 3.71. The Bertz CT molecular complexity index is 2990. The number of para-hydroxylation sites is 2. The highest BCUT2D eigenvalue weighted by Gasteiger charge is 2.38. The fourth-order valence-electron chi connectivity index (χ4n) is 9.38. The lowest BCUT2D eigenvalue weighted by Crippen LogP contribution is -2.17. The van der Waals surface area contributed by atoms with E-state index in [0.717, 1.165) is 17.1 Å². The lowest BCUT2D eigenvalue weighted by molar-refractivity contribution is 0.660. The van der Waals surface area contributed by atoms with E-state index in [2.05, 4.69) is 230 Å². The summed E-state index contributed by atoms with van der Waals surface area (Å²) in [7, 11) is 0. The number of hydrogen-bond donors (Lipinski definition) is 0. The first-order chi connectivity index (χ1) is 28.0. The molecule has 11 rings (SSSR count). The van der Waals surface area contributed by atoms with Crippen molar-refractivity contribution in [3.05, 3.63) is 217 Å². The maximum absolute atomic E-state index is 2.52. The molecule has 57 heavy (non-hydrogen) atoms. The molecule has 0 amide bonds. The van der Waals surface area contributed by atoms with Crippen molar-refractivity contribution >= 4 is 49.6 Å². The second-order valence-corrected chi connectivity index (χ2v) is 15.8. The Morgan fingerprint density at radius 1 is 0.368 bits per heavy atom. The van der Waals surface area contributed by atoms with Crippen molar-refractivity contribution in [2.75, 3.05) is 4.90 Å². The second kappa shape index (κ2) is 13.0. The number of anilines is 3. The zero-order valence-corrected chi connectivity index (χ0v) is 32.0. The predicted molar refractivity (Wildman–Crippen MR) is 241 cm³/mol. The van der Waals surface area contributed by atoms with Gasteiger partial charge in [-0.3, -0.25) is 0 Å². The van der Waals surface area contributed by atoms with Gasteiger partial charge in [-0.05, 0) is 117 Å². The number of hydrogen-bond acceptors (Lipinski definition) is 1. The topological polar surface area (TPSA) is 8.17 Å². The molecule has 0 N–H and O–H groups in total. The molecule has 2 heteroatoms. The Labute approximate surface area is 333 Å². The summed E-state index contributed by atoms with van der Waals surface area (Å²) in [4.78, 5) is 2.37. The number of fused-ring (bicyclic) bond motifs is 8. The molecular weight excluding hydrogens is 689 g/mol. The van der Waals surface area contributed by atoms with Crippen LogP contribution >= 0.6 is 0 Å². The van der Waals surface area contributed by atoms with Crippen molar-refractivity contribution in [3.8, 4) is 39.1 Å². The third kappa shape index (κ3) is 5.25. The number of benzene rings is 9. The molecule has 0 aliphatic heterocycles. The Morgan fingerprint density at radius 3 is 1.40 bits per heavy atom. The van der Waals surface area contributed by atoms with E-state index in [9.17, 15) is 0 Å². The molecule has 0 bridgehead atoms. The summed E-state index contributed by atoms with van der Waals surface area (Å²) >= 11 is 0. The van der Waals surface area contributed by atoms with Crippen LogP contribution in [0.4, 0.5) is 17.1 Å². The smallest absolute Gasteiger partial charge is 0.0544 e. The Hall–Kier alpha value is -7.16. The number of rotatable bonds is 6. The largest absolute Gasteiger partial charge is 0.310 e. The molecule has 270 valence electrons. The van der Waals surface area contributed by atoms with E-state index in [1.54, 1.807) is 0 Å². The summed E-state index contributed by atoms with van der Waals surface area (Å²) in [6, 6.07) is 75.5. The van der Waals surface area contributed by atoms with Crippen LogP contribution in [-0.2, 0) is 5.41 Å². The summed E-state index contributed by atoms with van der Waals surface area (Å²) < 4.78 is 2.52. The molecule has 9 aromatic carbocycles. The molecule has 0 saturated heterocycles. The zero-order chi connectivity index (χ0) is 38.1. The lowest BCUT2D eigenvalue weighted by atomic mass is 9.81. The molecule has 0 radical (unpaired) electrons. The number of aromatic nitrogens is 1. The van der Waals surface area contributed by atoms with Gasteiger partial charge in [0, 0.05) is 38.6 Å².